The van der Waals surface area contributed by atoms with E-state index in [1.165, 1.54) is 0 Å². The van der Waals surface area contributed by atoms with E-state index in [9.17, 15) is 13.2 Å². The number of hydrogen-bond acceptors (Lipinski definition) is 2. The van der Waals surface area contributed by atoms with Gasteiger partial charge in [0.25, 0.3) is 0 Å². The first-order chi connectivity index (χ1) is 6.87. The third-order valence-corrected chi connectivity index (χ3v) is 2.31. The maximum atomic E-state index is 11.7. The summed E-state index contributed by atoms with van der Waals surface area (Å²) in [7, 11) is 1.84. The molecule has 2 nitrogen and oxygen atoms in total. The fraction of sp³-hybridized carbons (Fsp3) is 1.00. The highest BCUT2D eigenvalue weighted by Crippen LogP contribution is 2.17. The first-order valence-corrected chi connectivity index (χ1v) is 5.16. The van der Waals surface area contributed by atoms with Crippen LogP contribution in [0.15, 0.2) is 0 Å². The van der Waals surface area contributed by atoms with Crippen molar-refractivity contribution in [3.05, 3.63) is 0 Å². The third-order valence-electron chi connectivity index (χ3n) is 2.31. The number of nitrogens with one attached hydrogen (secondary N) is 1. The fourth-order valence-corrected chi connectivity index (χ4v) is 1.36. The molecule has 0 heterocycles. The summed E-state index contributed by atoms with van der Waals surface area (Å²) in [5.41, 5.74) is 0. The molecule has 0 aliphatic heterocycles. The molecule has 0 saturated heterocycles. The highest BCUT2D eigenvalue weighted by atomic mass is 19.4. The van der Waals surface area contributed by atoms with E-state index in [0.29, 0.717) is 18.3 Å². The Hall–Kier alpha value is -0.290. The van der Waals surface area contributed by atoms with Crippen molar-refractivity contribution < 1.29 is 17.9 Å². The monoisotopic (exact) mass is 227 g/mol. The van der Waals surface area contributed by atoms with E-state index < -0.39 is 12.8 Å². The van der Waals surface area contributed by atoms with Gasteiger partial charge in [-0.2, -0.15) is 13.2 Å². The van der Waals surface area contributed by atoms with E-state index in [1.54, 1.807) is 0 Å². The van der Waals surface area contributed by atoms with Gasteiger partial charge in [-0.3, -0.25) is 0 Å². The second-order valence-corrected chi connectivity index (χ2v) is 4.02. The van der Waals surface area contributed by atoms with Crippen LogP contribution < -0.4 is 5.32 Å². The lowest BCUT2D eigenvalue weighted by molar-refractivity contribution is -0.174. The number of halogens is 3. The molecule has 0 radical (unpaired) electrons. The van der Waals surface area contributed by atoms with Gasteiger partial charge in [0, 0.05) is 6.61 Å². The summed E-state index contributed by atoms with van der Waals surface area (Å²) < 4.78 is 39.8. The van der Waals surface area contributed by atoms with Gasteiger partial charge in [0.15, 0.2) is 0 Å². The maximum absolute atomic E-state index is 11.7. The van der Waals surface area contributed by atoms with Gasteiger partial charge in [0.05, 0.1) is 0 Å². The number of ether oxygens (including phenoxy) is 1. The Morgan fingerprint density at radius 3 is 2.27 bits per heavy atom. The molecule has 0 rings (SSSR count). The van der Waals surface area contributed by atoms with Crippen molar-refractivity contribution in [1.82, 2.24) is 5.32 Å². The van der Waals surface area contributed by atoms with Crippen LogP contribution >= 0.6 is 0 Å². The van der Waals surface area contributed by atoms with Crippen molar-refractivity contribution in [3.8, 4) is 0 Å². The predicted octanol–water partition coefficient (Wildman–Crippen LogP) is 2.45. The van der Waals surface area contributed by atoms with Crippen LogP contribution in [0.5, 0.6) is 0 Å². The topological polar surface area (TPSA) is 21.3 Å². The number of hydrogen-bond donors (Lipinski definition) is 1. The molecule has 0 fully saturated rings. The van der Waals surface area contributed by atoms with Gasteiger partial charge in [-0.25, -0.2) is 0 Å². The van der Waals surface area contributed by atoms with E-state index >= 15 is 0 Å². The molecule has 1 unspecified atom stereocenters. The molecule has 0 aliphatic carbocycles. The maximum Gasteiger partial charge on any atom is 0.411 e. The van der Waals surface area contributed by atoms with Gasteiger partial charge in [-0.05, 0) is 31.8 Å². The summed E-state index contributed by atoms with van der Waals surface area (Å²) in [5.74, 6) is 0.815. The summed E-state index contributed by atoms with van der Waals surface area (Å²) >= 11 is 0. The fourth-order valence-electron chi connectivity index (χ4n) is 1.36. The van der Waals surface area contributed by atoms with E-state index in [0.717, 1.165) is 6.54 Å². The zero-order chi connectivity index (χ0) is 11.9. The van der Waals surface area contributed by atoms with Gasteiger partial charge in [0.2, 0.25) is 0 Å². The molecule has 0 aliphatic rings. The molecule has 0 aromatic heterocycles. The molecule has 1 N–H and O–H groups in total. The Balaban J connectivity index is 3.62. The Kier molecular flexibility index (Phi) is 6.92. The Bertz CT molecular complexity index is 159. The normalized spacial score (nSPS) is 14.6. The van der Waals surface area contributed by atoms with Crippen molar-refractivity contribution in [3.63, 3.8) is 0 Å². The Morgan fingerprint density at radius 1 is 1.27 bits per heavy atom. The van der Waals surface area contributed by atoms with Crippen molar-refractivity contribution in [1.29, 1.82) is 0 Å². The molecule has 0 saturated carbocycles. The van der Waals surface area contributed by atoms with Crippen LogP contribution in [0.25, 0.3) is 0 Å². The first kappa shape index (κ1) is 14.7. The SMILES string of the molecule is CNCC(CCOCC(F)(F)F)C(C)C. The molecule has 0 bridgehead atoms. The second-order valence-electron chi connectivity index (χ2n) is 4.02. The molecule has 92 valence electrons. The molecule has 0 aromatic carbocycles. The molecule has 0 aromatic rings. The van der Waals surface area contributed by atoms with Gasteiger partial charge in [0.1, 0.15) is 6.61 Å². The minimum absolute atomic E-state index is 0.171. The van der Waals surface area contributed by atoms with Crippen molar-refractivity contribution in [2.24, 2.45) is 11.8 Å². The lowest BCUT2D eigenvalue weighted by Gasteiger charge is -2.20. The van der Waals surface area contributed by atoms with Gasteiger partial charge >= 0.3 is 6.18 Å². The zero-order valence-electron chi connectivity index (χ0n) is 9.53. The van der Waals surface area contributed by atoms with Crippen LogP contribution in [0.1, 0.15) is 20.3 Å². The van der Waals surface area contributed by atoms with E-state index in [-0.39, 0.29) is 6.61 Å². The lowest BCUT2D eigenvalue weighted by Crippen LogP contribution is -2.25. The Labute approximate surface area is 89.2 Å². The molecular formula is C10H20F3NO. The van der Waals surface area contributed by atoms with Crippen LogP contribution in [0, 0.1) is 11.8 Å². The summed E-state index contributed by atoms with van der Waals surface area (Å²) in [4.78, 5) is 0. The summed E-state index contributed by atoms with van der Waals surface area (Å²) in [6.45, 7) is 3.96. The van der Waals surface area contributed by atoms with Crippen molar-refractivity contribution in [2.75, 3.05) is 26.8 Å². The quantitative estimate of drug-likeness (QED) is 0.674. The van der Waals surface area contributed by atoms with E-state index in [1.807, 2.05) is 7.05 Å². The molecule has 0 amide bonds. The zero-order valence-corrected chi connectivity index (χ0v) is 9.53. The van der Waals surface area contributed by atoms with Crippen LogP contribution in [0.2, 0.25) is 0 Å². The van der Waals surface area contributed by atoms with E-state index in [2.05, 4.69) is 23.9 Å². The predicted molar refractivity (Wildman–Crippen MR) is 53.7 cm³/mol. The van der Waals surface area contributed by atoms with Crippen LogP contribution in [-0.4, -0.2) is 33.0 Å². The lowest BCUT2D eigenvalue weighted by atomic mass is 9.93. The minimum Gasteiger partial charge on any atom is -0.372 e. The third kappa shape index (κ3) is 8.69. The van der Waals surface area contributed by atoms with E-state index in [4.69, 9.17) is 0 Å². The van der Waals surface area contributed by atoms with Crippen LogP contribution in [0.3, 0.4) is 0 Å². The van der Waals surface area contributed by atoms with Crippen LogP contribution in [0.4, 0.5) is 13.2 Å². The Morgan fingerprint density at radius 2 is 1.87 bits per heavy atom. The van der Waals surface area contributed by atoms with Gasteiger partial charge in [-0.15, -0.1) is 0 Å². The molecule has 0 spiro atoms. The molecule has 1 atom stereocenters. The number of alkyl halides is 3. The number of rotatable bonds is 7. The average molecular weight is 227 g/mol. The highest BCUT2D eigenvalue weighted by Gasteiger charge is 2.27. The average Bonchev–Trinajstić information content (AvgIpc) is 2.08. The van der Waals surface area contributed by atoms with Gasteiger partial charge < -0.3 is 10.1 Å². The molecular weight excluding hydrogens is 207 g/mol. The van der Waals surface area contributed by atoms with Gasteiger partial charge in [-0.1, -0.05) is 13.8 Å². The molecule has 15 heavy (non-hydrogen) atoms. The van der Waals surface area contributed by atoms with Crippen LogP contribution in [-0.2, 0) is 4.74 Å². The minimum atomic E-state index is -4.21. The standard InChI is InChI=1S/C10H20F3NO/c1-8(2)9(6-14-3)4-5-15-7-10(11,12)13/h8-9,14H,4-7H2,1-3H3. The summed E-state index contributed by atoms with van der Waals surface area (Å²) in [6.07, 6.45) is -3.55. The highest BCUT2D eigenvalue weighted by molar-refractivity contribution is 4.64. The first-order valence-electron chi connectivity index (χ1n) is 5.16. The van der Waals surface area contributed by atoms with Crippen molar-refractivity contribution >= 4 is 0 Å². The second kappa shape index (κ2) is 7.06. The largest absolute Gasteiger partial charge is 0.411 e. The van der Waals surface area contributed by atoms with Crippen molar-refractivity contribution in [2.45, 2.75) is 26.4 Å². The molecule has 5 heteroatoms. The summed E-state index contributed by atoms with van der Waals surface area (Å²) in [6, 6.07) is 0. The smallest absolute Gasteiger partial charge is 0.372 e. The summed E-state index contributed by atoms with van der Waals surface area (Å²) in [5, 5.41) is 3.03.